The summed E-state index contributed by atoms with van der Waals surface area (Å²) in [5.74, 6) is -0.872. The second-order valence-corrected chi connectivity index (χ2v) is 8.38. The molecule has 0 aliphatic heterocycles. The molecule has 2 aromatic carbocycles. The van der Waals surface area contributed by atoms with Crippen LogP contribution in [0.2, 0.25) is 0 Å². The molecule has 0 N–H and O–H groups in total. The summed E-state index contributed by atoms with van der Waals surface area (Å²) in [6.45, 7) is 14.2. The van der Waals surface area contributed by atoms with Crippen molar-refractivity contribution >= 4 is 11.9 Å². The first kappa shape index (κ1) is 22.7. The van der Waals surface area contributed by atoms with Crippen LogP contribution in [0, 0.1) is 6.92 Å². The summed E-state index contributed by atoms with van der Waals surface area (Å²) >= 11 is 0. The number of hydrogen-bond donors (Lipinski definition) is 0. The zero-order chi connectivity index (χ0) is 21.8. The number of carbonyl (C=O) groups is 2. The lowest BCUT2D eigenvalue weighted by atomic mass is 9.83. The Morgan fingerprint density at radius 3 is 2.17 bits per heavy atom. The molecular weight excluding hydrogens is 364 g/mol. The van der Waals surface area contributed by atoms with Crippen molar-refractivity contribution in [2.45, 2.75) is 66.2 Å². The smallest absolute Gasteiger partial charge is 0.343 e. The minimum Gasteiger partial charge on any atom is -0.466 e. The zero-order valence-electron chi connectivity index (χ0n) is 18.6. The highest BCUT2D eigenvalue weighted by Gasteiger charge is 2.27. The molecule has 1 atom stereocenters. The molecule has 0 amide bonds. The van der Waals surface area contributed by atoms with Crippen molar-refractivity contribution < 1.29 is 19.1 Å². The number of hydrogen-bond acceptors (Lipinski definition) is 4. The van der Waals surface area contributed by atoms with Gasteiger partial charge in [0.05, 0.1) is 18.1 Å². The predicted octanol–water partition coefficient (Wildman–Crippen LogP) is 5.74. The van der Waals surface area contributed by atoms with Gasteiger partial charge in [-0.1, -0.05) is 52.0 Å². The van der Waals surface area contributed by atoms with Crippen LogP contribution >= 0.6 is 0 Å². The molecule has 0 aliphatic rings. The van der Waals surface area contributed by atoms with Crippen LogP contribution in [-0.4, -0.2) is 18.5 Å². The molecule has 1 unspecified atom stereocenters. The lowest BCUT2D eigenvalue weighted by Gasteiger charge is -2.24. The van der Waals surface area contributed by atoms with E-state index in [1.165, 1.54) is 0 Å². The van der Waals surface area contributed by atoms with E-state index >= 15 is 0 Å². The van der Waals surface area contributed by atoms with Gasteiger partial charge in [0, 0.05) is 5.56 Å². The van der Waals surface area contributed by atoms with E-state index in [0.29, 0.717) is 23.5 Å². The van der Waals surface area contributed by atoms with Gasteiger partial charge in [0.25, 0.3) is 0 Å². The van der Waals surface area contributed by atoms with Crippen molar-refractivity contribution in [3.05, 3.63) is 64.2 Å². The average Bonchev–Trinajstić information content (AvgIpc) is 2.68. The Morgan fingerprint density at radius 1 is 1.03 bits per heavy atom. The van der Waals surface area contributed by atoms with Gasteiger partial charge in [-0.05, 0) is 61.4 Å². The van der Waals surface area contributed by atoms with E-state index in [0.717, 1.165) is 23.1 Å². The lowest BCUT2D eigenvalue weighted by Crippen LogP contribution is -2.19. The van der Waals surface area contributed by atoms with Crippen LogP contribution in [-0.2, 0) is 21.4 Å². The first-order chi connectivity index (χ1) is 13.6. The van der Waals surface area contributed by atoms with Gasteiger partial charge in [-0.15, -0.1) is 0 Å². The zero-order valence-corrected chi connectivity index (χ0v) is 18.6. The Bertz CT molecular complexity index is 873. The number of esters is 2. The topological polar surface area (TPSA) is 52.6 Å². The largest absolute Gasteiger partial charge is 0.466 e. The van der Waals surface area contributed by atoms with Crippen LogP contribution in [0.15, 0.2) is 36.4 Å². The maximum Gasteiger partial charge on any atom is 0.343 e. The Balaban J connectivity index is 2.47. The molecule has 4 heteroatoms. The summed E-state index contributed by atoms with van der Waals surface area (Å²) in [5.41, 5.74) is 4.11. The summed E-state index contributed by atoms with van der Waals surface area (Å²) in [7, 11) is 0. The molecule has 0 aromatic heterocycles. The molecule has 2 aromatic rings. The third-order valence-corrected chi connectivity index (χ3v) is 5.07. The molecule has 0 bridgehead atoms. The minimum atomic E-state index is -0.541. The van der Waals surface area contributed by atoms with Gasteiger partial charge in [-0.3, -0.25) is 4.79 Å². The van der Waals surface area contributed by atoms with Crippen molar-refractivity contribution in [1.82, 2.24) is 0 Å². The first-order valence-corrected chi connectivity index (χ1v) is 10.2. The predicted molar refractivity (Wildman–Crippen MR) is 116 cm³/mol. The Hall–Kier alpha value is -2.62. The molecule has 0 saturated heterocycles. The molecule has 0 heterocycles. The molecular formula is C25H32O4. The van der Waals surface area contributed by atoms with E-state index in [1.54, 1.807) is 26.0 Å². The molecule has 0 radical (unpaired) electrons. The molecule has 156 valence electrons. The van der Waals surface area contributed by atoms with Gasteiger partial charge in [0.1, 0.15) is 5.75 Å². The lowest BCUT2D eigenvalue weighted by molar-refractivity contribution is -0.144. The minimum absolute atomic E-state index is 0.105. The van der Waals surface area contributed by atoms with Gasteiger partial charge in [-0.2, -0.15) is 0 Å². The van der Waals surface area contributed by atoms with E-state index in [2.05, 4.69) is 27.7 Å². The van der Waals surface area contributed by atoms with Gasteiger partial charge < -0.3 is 9.47 Å². The summed E-state index contributed by atoms with van der Waals surface area (Å²) in [5, 5.41) is 0. The van der Waals surface area contributed by atoms with Crippen LogP contribution in [0.25, 0.3) is 0 Å². The van der Waals surface area contributed by atoms with Crippen LogP contribution in [0.1, 0.15) is 80.1 Å². The molecule has 0 fully saturated rings. The fourth-order valence-corrected chi connectivity index (χ4v) is 3.12. The number of rotatable bonds is 6. The van der Waals surface area contributed by atoms with Gasteiger partial charge >= 0.3 is 11.9 Å². The quantitative estimate of drug-likeness (QED) is 0.461. The second-order valence-electron chi connectivity index (χ2n) is 8.38. The van der Waals surface area contributed by atoms with E-state index in [4.69, 9.17) is 9.47 Å². The molecule has 4 nitrogen and oxygen atoms in total. The standard InChI is InChI=1S/C25H32O4/c1-8-18-10-12-19(13-11-18)24(27)29-22-16(3)14-20(25(5,6)7)15-21(22)17(4)23(26)28-9-2/h10-15,17H,8-9H2,1-7H3. The van der Waals surface area contributed by atoms with Crippen molar-refractivity contribution in [3.8, 4) is 5.75 Å². The van der Waals surface area contributed by atoms with E-state index < -0.39 is 11.9 Å². The van der Waals surface area contributed by atoms with Crippen LogP contribution in [0.4, 0.5) is 0 Å². The van der Waals surface area contributed by atoms with Gasteiger partial charge in [0.2, 0.25) is 0 Å². The second kappa shape index (κ2) is 9.25. The van der Waals surface area contributed by atoms with Crippen molar-refractivity contribution in [2.75, 3.05) is 6.61 Å². The molecule has 29 heavy (non-hydrogen) atoms. The van der Waals surface area contributed by atoms with E-state index in [1.807, 2.05) is 31.2 Å². The van der Waals surface area contributed by atoms with Gasteiger partial charge in [0.15, 0.2) is 0 Å². The highest BCUT2D eigenvalue weighted by atomic mass is 16.5. The molecule has 2 rings (SSSR count). The third kappa shape index (κ3) is 5.47. The highest BCUT2D eigenvalue weighted by Crippen LogP contribution is 2.36. The summed E-state index contributed by atoms with van der Waals surface area (Å²) in [4.78, 5) is 25.2. The Labute approximate surface area is 174 Å². The highest BCUT2D eigenvalue weighted by molar-refractivity contribution is 5.92. The SMILES string of the molecule is CCOC(=O)C(C)c1cc(C(C)(C)C)cc(C)c1OC(=O)c1ccc(CC)cc1. The number of aryl methyl sites for hydroxylation is 2. The van der Waals surface area contributed by atoms with Crippen LogP contribution in [0.5, 0.6) is 5.75 Å². The van der Waals surface area contributed by atoms with Crippen LogP contribution in [0.3, 0.4) is 0 Å². The summed E-state index contributed by atoms with van der Waals surface area (Å²) in [6, 6.07) is 11.4. The third-order valence-electron chi connectivity index (χ3n) is 5.07. The number of carbonyl (C=O) groups excluding carboxylic acids is 2. The fraction of sp³-hybridized carbons (Fsp3) is 0.440. The first-order valence-electron chi connectivity index (χ1n) is 10.2. The Morgan fingerprint density at radius 2 is 1.66 bits per heavy atom. The molecule has 0 aliphatic carbocycles. The average molecular weight is 397 g/mol. The number of ether oxygens (including phenoxy) is 2. The Kier molecular flexibility index (Phi) is 7.23. The van der Waals surface area contributed by atoms with Gasteiger partial charge in [-0.25, -0.2) is 4.79 Å². The van der Waals surface area contributed by atoms with Crippen LogP contribution < -0.4 is 4.74 Å². The summed E-state index contributed by atoms with van der Waals surface area (Å²) in [6.07, 6.45) is 0.907. The van der Waals surface area contributed by atoms with Crippen molar-refractivity contribution in [3.63, 3.8) is 0 Å². The maximum absolute atomic E-state index is 12.8. The van der Waals surface area contributed by atoms with Crippen molar-refractivity contribution in [2.24, 2.45) is 0 Å². The molecule has 0 spiro atoms. The summed E-state index contributed by atoms with van der Waals surface area (Å²) < 4.78 is 11.0. The normalized spacial score (nSPS) is 12.4. The van der Waals surface area contributed by atoms with E-state index in [9.17, 15) is 9.59 Å². The fourth-order valence-electron chi connectivity index (χ4n) is 3.12. The van der Waals surface area contributed by atoms with E-state index in [-0.39, 0.29) is 11.4 Å². The monoisotopic (exact) mass is 396 g/mol. The number of benzene rings is 2. The molecule has 0 saturated carbocycles. The van der Waals surface area contributed by atoms with Crippen molar-refractivity contribution in [1.29, 1.82) is 0 Å². The maximum atomic E-state index is 12.8.